The molecule has 2 aromatic heterocycles. The Labute approximate surface area is 463 Å². The maximum Gasteiger partial charge on any atom is 0.281 e. The first-order chi connectivity index (χ1) is 37.6. The SMILES string of the molecule is CCCCC(CC)CN(CC(CC)CCCC)C(=O)c1cccc(N=Nc2c(C)c(C#N)c(O)n(CCn3c(O)c(C#N)c(C)c(N=Nc4cccc(C(=O)N(CC(CC)CCCC)CC(CC)CCCC)c4)c3=O)c2=O)c1. The van der Waals surface area contributed by atoms with E-state index in [2.05, 4.69) is 75.8 Å². The first-order valence-electron chi connectivity index (χ1n) is 28.9. The number of rotatable bonds is 33. The molecule has 2 N–H and O–H groups in total. The molecule has 16 heteroatoms. The highest BCUT2D eigenvalue weighted by Gasteiger charge is 2.27. The second-order valence-electron chi connectivity index (χ2n) is 21.1. The molecule has 4 atom stereocenters. The highest BCUT2D eigenvalue weighted by atomic mass is 16.3. The van der Waals surface area contributed by atoms with Crippen LogP contribution in [0.15, 0.2) is 78.6 Å². The molecule has 0 bridgehead atoms. The van der Waals surface area contributed by atoms with Gasteiger partial charge in [-0.3, -0.25) is 28.3 Å². The number of amides is 2. The molecular formula is C62H88N10O6. The Morgan fingerprint density at radius 3 is 1.10 bits per heavy atom. The zero-order valence-electron chi connectivity index (χ0n) is 48.5. The molecule has 0 aliphatic heterocycles. The van der Waals surface area contributed by atoms with Gasteiger partial charge in [-0.25, -0.2) is 0 Å². The molecule has 0 fully saturated rings. The average Bonchev–Trinajstić information content (AvgIpc) is 3.47. The van der Waals surface area contributed by atoms with Gasteiger partial charge in [0.05, 0.1) is 11.4 Å². The van der Waals surface area contributed by atoms with E-state index in [0.717, 1.165) is 112 Å². The van der Waals surface area contributed by atoms with Gasteiger partial charge < -0.3 is 20.0 Å². The van der Waals surface area contributed by atoms with Crippen LogP contribution in [0.4, 0.5) is 22.7 Å². The van der Waals surface area contributed by atoms with Crippen molar-refractivity contribution in [1.82, 2.24) is 18.9 Å². The van der Waals surface area contributed by atoms with Crippen molar-refractivity contribution in [2.45, 2.75) is 185 Å². The Balaban J connectivity index is 1.69. The van der Waals surface area contributed by atoms with Crippen LogP contribution in [0, 0.1) is 60.2 Å². The van der Waals surface area contributed by atoms with E-state index in [-0.39, 0.29) is 45.4 Å². The molecule has 2 heterocycles. The van der Waals surface area contributed by atoms with Crippen molar-refractivity contribution in [3.05, 3.63) is 103 Å². The Hall–Kier alpha value is -6.94. The van der Waals surface area contributed by atoms with Crippen molar-refractivity contribution in [2.24, 2.45) is 44.1 Å². The fourth-order valence-electron chi connectivity index (χ4n) is 10.1. The molecule has 0 saturated carbocycles. The average molecular weight is 1070 g/mol. The largest absolute Gasteiger partial charge is 0.493 e. The number of unbranched alkanes of at least 4 members (excludes halogenated alkanes) is 4. The van der Waals surface area contributed by atoms with E-state index in [4.69, 9.17) is 0 Å². The number of carbonyl (C=O) groups is 2. The Bertz CT molecular complexity index is 2650. The van der Waals surface area contributed by atoms with E-state index in [1.165, 1.54) is 13.8 Å². The minimum absolute atomic E-state index is 0.0614. The maximum atomic E-state index is 14.3. The molecule has 0 radical (unpaired) electrons. The monoisotopic (exact) mass is 1070 g/mol. The number of hydrogen-bond acceptors (Lipinski definition) is 12. The smallest absolute Gasteiger partial charge is 0.281 e. The van der Waals surface area contributed by atoms with E-state index >= 15 is 0 Å². The van der Waals surface area contributed by atoms with Crippen LogP contribution in [0.25, 0.3) is 0 Å². The molecule has 0 spiro atoms. The molecule has 2 amide bonds. The summed E-state index contributed by atoms with van der Waals surface area (Å²) < 4.78 is 1.71. The molecule has 0 aliphatic carbocycles. The van der Waals surface area contributed by atoms with Crippen molar-refractivity contribution in [2.75, 3.05) is 26.2 Å². The summed E-state index contributed by atoms with van der Waals surface area (Å²) in [6, 6.07) is 17.4. The molecule has 16 nitrogen and oxygen atoms in total. The second-order valence-corrected chi connectivity index (χ2v) is 21.1. The van der Waals surface area contributed by atoms with Gasteiger partial charge in [0.1, 0.15) is 23.3 Å². The fraction of sp³-hybridized carbons (Fsp3) is 0.581. The van der Waals surface area contributed by atoms with Gasteiger partial charge in [0.25, 0.3) is 22.9 Å². The van der Waals surface area contributed by atoms with Crippen molar-refractivity contribution in [3.8, 4) is 23.9 Å². The maximum absolute atomic E-state index is 14.3. The number of nitrogens with zero attached hydrogens (tertiary/aromatic N) is 10. The van der Waals surface area contributed by atoms with Crippen LogP contribution in [0.2, 0.25) is 0 Å². The number of aromatic nitrogens is 2. The third-order valence-corrected chi connectivity index (χ3v) is 15.5. The highest BCUT2D eigenvalue weighted by molar-refractivity contribution is 5.95. The standard InChI is InChI=1S/C62H88N10O6/c1-11-19-25-45(15-5)39-69(40-46(16-6)26-20-12-2)57(73)49-29-23-31-51(35-49)65-67-55-43(9)53(37-63)59(75)71(61(55)77)33-34-72-60(76)54(38-64)44(10)56(62(72)78)68-66-52-32-24-30-50(36-52)58(74)70(41-47(17-7)27-21-13-3)42-48(18-8)28-22-14-4/h23-24,29-32,35-36,45-48,75-76H,11-22,25-28,33-34,39-42H2,1-10H3. The summed E-state index contributed by atoms with van der Waals surface area (Å²) in [7, 11) is 0. The van der Waals surface area contributed by atoms with E-state index < -0.39 is 36.0 Å². The molecule has 422 valence electrons. The summed E-state index contributed by atoms with van der Waals surface area (Å²) in [5.41, 5.74) is -1.14. The van der Waals surface area contributed by atoms with Gasteiger partial charge in [-0.1, -0.05) is 145 Å². The van der Waals surface area contributed by atoms with Gasteiger partial charge >= 0.3 is 0 Å². The minimum Gasteiger partial charge on any atom is -0.493 e. The molecule has 78 heavy (non-hydrogen) atoms. The predicted octanol–water partition coefficient (Wildman–Crippen LogP) is 15.1. The summed E-state index contributed by atoms with van der Waals surface area (Å²) in [4.78, 5) is 61.1. The van der Waals surface area contributed by atoms with Crippen LogP contribution in [0.3, 0.4) is 0 Å². The zero-order chi connectivity index (χ0) is 57.3. The summed E-state index contributed by atoms with van der Waals surface area (Å²) >= 11 is 0. The normalized spacial score (nSPS) is 13.1. The van der Waals surface area contributed by atoms with Crippen LogP contribution in [0.5, 0.6) is 11.8 Å². The Morgan fingerprint density at radius 1 is 0.526 bits per heavy atom. The summed E-state index contributed by atoms with van der Waals surface area (Å²) in [5, 5.41) is 60.4. The first-order valence-corrected chi connectivity index (χ1v) is 28.9. The highest BCUT2D eigenvalue weighted by Crippen LogP contribution is 2.31. The van der Waals surface area contributed by atoms with Crippen molar-refractivity contribution in [3.63, 3.8) is 0 Å². The van der Waals surface area contributed by atoms with Crippen molar-refractivity contribution >= 4 is 34.6 Å². The molecule has 0 aliphatic rings. The molecule has 0 saturated heterocycles. The predicted molar refractivity (Wildman–Crippen MR) is 310 cm³/mol. The molecule has 4 rings (SSSR count). The van der Waals surface area contributed by atoms with Crippen LogP contribution >= 0.6 is 0 Å². The lowest BCUT2D eigenvalue weighted by Crippen LogP contribution is -2.39. The quantitative estimate of drug-likeness (QED) is 0.0436. The number of carbonyl (C=O) groups excluding carboxylic acids is 2. The number of benzene rings is 2. The first kappa shape index (κ1) is 63.6. The van der Waals surface area contributed by atoms with E-state index in [1.807, 2.05) is 21.9 Å². The summed E-state index contributed by atoms with van der Waals surface area (Å²) in [5.74, 6) is -0.125. The second kappa shape index (κ2) is 32.7. The van der Waals surface area contributed by atoms with Crippen molar-refractivity contribution < 1.29 is 19.8 Å². The number of azo groups is 2. The number of aromatic hydroxyl groups is 2. The lowest BCUT2D eigenvalue weighted by atomic mass is 9.95. The molecule has 4 aromatic rings. The van der Waals surface area contributed by atoms with E-state index in [9.17, 15) is 39.9 Å². The van der Waals surface area contributed by atoms with Crippen molar-refractivity contribution in [1.29, 1.82) is 10.5 Å². The topological polar surface area (TPSA) is 222 Å². The summed E-state index contributed by atoms with van der Waals surface area (Å²) in [6.07, 6.45) is 16.7. The third kappa shape index (κ3) is 17.3. The number of hydrogen-bond donors (Lipinski definition) is 2. The lowest BCUT2D eigenvalue weighted by molar-refractivity contribution is 0.0678. The van der Waals surface area contributed by atoms with Gasteiger partial charge in [-0.15, -0.1) is 10.2 Å². The molecular weight excluding hydrogens is 981 g/mol. The fourth-order valence-corrected chi connectivity index (χ4v) is 10.1. The van der Waals surface area contributed by atoms with Gasteiger partial charge in [0.15, 0.2) is 11.4 Å². The van der Waals surface area contributed by atoms with Gasteiger partial charge in [0, 0.05) is 61.5 Å². The van der Waals surface area contributed by atoms with Gasteiger partial charge in [-0.2, -0.15) is 20.8 Å². The minimum atomic E-state index is -0.841. The van der Waals surface area contributed by atoms with Gasteiger partial charge in [0.2, 0.25) is 11.8 Å². The van der Waals surface area contributed by atoms with Crippen LogP contribution in [0.1, 0.15) is 201 Å². The Kier molecular flexibility index (Phi) is 26.7. The van der Waals surface area contributed by atoms with Gasteiger partial charge in [-0.05, 0) is 99.6 Å². The lowest BCUT2D eigenvalue weighted by Gasteiger charge is -2.31. The molecule has 2 aromatic carbocycles. The Morgan fingerprint density at radius 2 is 0.833 bits per heavy atom. The number of pyridine rings is 2. The molecule has 4 unspecified atom stereocenters. The van der Waals surface area contributed by atoms with E-state index in [0.29, 0.717) is 72.4 Å². The summed E-state index contributed by atoms with van der Waals surface area (Å²) in [6.45, 7) is 22.0. The van der Waals surface area contributed by atoms with E-state index in [1.54, 1.807) is 48.5 Å². The van der Waals surface area contributed by atoms with Crippen LogP contribution in [-0.4, -0.2) is 67.1 Å². The zero-order valence-corrected chi connectivity index (χ0v) is 48.5. The van der Waals surface area contributed by atoms with Crippen LogP contribution in [-0.2, 0) is 13.1 Å². The third-order valence-electron chi connectivity index (χ3n) is 15.5. The number of nitriles is 2. The van der Waals surface area contributed by atoms with Crippen LogP contribution < -0.4 is 11.1 Å².